The molecule has 26 heavy (non-hydrogen) atoms. The van der Waals surface area contributed by atoms with Crippen molar-refractivity contribution >= 4 is 33.0 Å². The van der Waals surface area contributed by atoms with Crippen molar-refractivity contribution in [1.29, 1.82) is 0 Å². The van der Waals surface area contributed by atoms with Crippen LogP contribution in [0.4, 0.5) is 5.69 Å². The van der Waals surface area contributed by atoms with Crippen LogP contribution in [0.5, 0.6) is 0 Å². The Kier molecular flexibility index (Phi) is 5.08. The van der Waals surface area contributed by atoms with Gasteiger partial charge in [-0.1, -0.05) is 48.0 Å². The molecule has 3 rings (SSSR count). The molecule has 0 atom stereocenters. The summed E-state index contributed by atoms with van der Waals surface area (Å²) in [6.07, 6.45) is 0. The Labute approximate surface area is 155 Å². The molecule has 0 aliphatic heterocycles. The molecule has 6 nitrogen and oxygen atoms in total. The van der Waals surface area contributed by atoms with Crippen molar-refractivity contribution < 1.29 is 13.2 Å². The zero-order chi connectivity index (χ0) is 18.7. The van der Waals surface area contributed by atoms with Crippen LogP contribution in [-0.4, -0.2) is 14.3 Å². The first kappa shape index (κ1) is 18.1. The number of hydrazine groups is 1. The molecule has 1 heterocycles. The number of anilines is 1. The largest absolute Gasteiger partial charge is 0.289 e. The smallest absolute Gasteiger partial charge is 0.276 e. The second-order valence-electron chi connectivity index (χ2n) is 5.62. The highest BCUT2D eigenvalue weighted by molar-refractivity contribution is 7.93. The van der Waals surface area contributed by atoms with E-state index in [0.29, 0.717) is 16.8 Å². The van der Waals surface area contributed by atoms with E-state index >= 15 is 0 Å². The highest BCUT2D eigenvalue weighted by atomic mass is 32.2. The fourth-order valence-corrected chi connectivity index (χ4v) is 5.25. The van der Waals surface area contributed by atoms with Crippen LogP contribution in [0.25, 0.3) is 11.1 Å². The molecule has 0 fully saturated rings. The summed E-state index contributed by atoms with van der Waals surface area (Å²) in [5.74, 6) is 4.57. The van der Waals surface area contributed by atoms with Gasteiger partial charge in [0.2, 0.25) is 0 Å². The number of carbonyl (C=O) groups excluding carboxylic acids is 1. The molecule has 0 aliphatic carbocycles. The fraction of sp³-hybridized carbons (Fsp3) is 0.0556. The number of thiophene rings is 1. The van der Waals surface area contributed by atoms with Gasteiger partial charge in [-0.3, -0.25) is 14.9 Å². The minimum Gasteiger partial charge on any atom is -0.289 e. The number of sulfonamides is 1. The maximum absolute atomic E-state index is 13.1. The summed E-state index contributed by atoms with van der Waals surface area (Å²) < 4.78 is 28.7. The minimum atomic E-state index is -4.00. The van der Waals surface area contributed by atoms with Crippen molar-refractivity contribution in [2.75, 3.05) is 4.72 Å². The van der Waals surface area contributed by atoms with E-state index in [4.69, 9.17) is 5.84 Å². The number of nitrogens with one attached hydrogen (secondary N) is 2. The number of benzene rings is 2. The molecule has 0 saturated carbocycles. The van der Waals surface area contributed by atoms with Crippen LogP contribution in [0.15, 0.2) is 64.9 Å². The monoisotopic (exact) mass is 387 g/mol. The van der Waals surface area contributed by atoms with Crippen LogP contribution in [0.3, 0.4) is 0 Å². The van der Waals surface area contributed by atoms with E-state index in [2.05, 4.69) is 4.72 Å². The van der Waals surface area contributed by atoms with Crippen molar-refractivity contribution in [1.82, 2.24) is 5.43 Å². The van der Waals surface area contributed by atoms with E-state index in [-0.39, 0.29) is 9.77 Å². The second-order valence-corrected chi connectivity index (χ2v) is 8.12. The molecule has 134 valence electrons. The van der Waals surface area contributed by atoms with Crippen LogP contribution >= 0.6 is 11.3 Å². The summed E-state index contributed by atoms with van der Waals surface area (Å²) in [6.45, 7) is 1.91. The highest BCUT2D eigenvalue weighted by Gasteiger charge is 2.29. The van der Waals surface area contributed by atoms with E-state index in [9.17, 15) is 13.2 Å². The third-order valence-corrected chi connectivity index (χ3v) is 6.31. The van der Waals surface area contributed by atoms with Crippen LogP contribution in [-0.2, 0) is 10.0 Å². The van der Waals surface area contributed by atoms with E-state index in [0.717, 1.165) is 16.9 Å². The topological polar surface area (TPSA) is 101 Å². The maximum Gasteiger partial charge on any atom is 0.276 e. The van der Waals surface area contributed by atoms with Crippen LogP contribution < -0.4 is 16.0 Å². The van der Waals surface area contributed by atoms with Crippen molar-refractivity contribution in [3.8, 4) is 11.1 Å². The Morgan fingerprint density at radius 3 is 2.31 bits per heavy atom. The van der Waals surface area contributed by atoms with E-state index in [1.165, 1.54) is 0 Å². The molecule has 1 aromatic heterocycles. The number of hydrogen-bond acceptors (Lipinski definition) is 5. The van der Waals surface area contributed by atoms with E-state index in [1.54, 1.807) is 53.9 Å². The summed E-state index contributed by atoms with van der Waals surface area (Å²) in [7, 11) is -4.00. The molecule has 0 radical (unpaired) electrons. The summed E-state index contributed by atoms with van der Waals surface area (Å²) in [5.41, 5.74) is 4.59. The maximum atomic E-state index is 13.1. The van der Waals surface area contributed by atoms with Crippen LogP contribution in [0, 0.1) is 6.92 Å². The molecule has 8 heteroatoms. The average Bonchev–Trinajstić information content (AvgIpc) is 3.10. The zero-order valence-corrected chi connectivity index (χ0v) is 15.5. The molecule has 0 saturated heterocycles. The number of amides is 1. The van der Waals surface area contributed by atoms with Gasteiger partial charge in [0.25, 0.3) is 15.9 Å². The van der Waals surface area contributed by atoms with Crippen molar-refractivity contribution in [3.63, 3.8) is 0 Å². The second kappa shape index (κ2) is 7.28. The molecule has 3 aromatic rings. The Morgan fingerprint density at radius 2 is 1.69 bits per heavy atom. The van der Waals surface area contributed by atoms with Crippen molar-refractivity contribution in [3.05, 3.63) is 70.4 Å². The normalized spacial score (nSPS) is 11.2. The van der Waals surface area contributed by atoms with Gasteiger partial charge >= 0.3 is 0 Å². The molecule has 4 N–H and O–H groups in total. The number of rotatable bonds is 5. The lowest BCUT2D eigenvalue weighted by molar-refractivity contribution is 0.0955. The quantitative estimate of drug-likeness (QED) is 0.356. The number of carbonyl (C=O) groups is 1. The summed E-state index contributed by atoms with van der Waals surface area (Å²) >= 11 is 1.03. The van der Waals surface area contributed by atoms with Gasteiger partial charge in [-0.25, -0.2) is 14.3 Å². The molecule has 0 aliphatic rings. The molecule has 0 unspecified atom stereocenters. The predicted octanol–water partition coefficient (Wildman–Crippen LogP) is 3.13. The molecule has 0 spiro atoms. The molecular weight excluding hydrogens is 370 g/mol. The van der Waals surface area contributed by atoms with Crippen molar-refractivity contribution in [2.24, 2.45) is 5.84 Å². The number of nitrogens with two attached hydrogens (primary N) is 1. The van der Waals surface area contributed by atoms with Crippen LogP contribution in [0.2, 0.25) is 0 Å². The SMILES string of the molecule is Cc1ccc(NS(=O)(=O)c2c(-c3ccccc3)csc2C(=O)NN)cc1. The van der Waals surface area contributed by atoms with Gasteiger partial charge < -0.3 is 0 Å². The summed E-state index contributed by atoms with van der Waals surface area (Å²) in [6, 6.07) is 16.0. The third-order valence-electron chi connectivity index (χ3n) is 3.74. The van der Waals surface area contributed by atoms with E-state index in [1.807, 2.05) is 18.4 Å². The first-order chi connectivity index (χ1) is 12.4. The summed E-state index contributed by atoms with van der Waals surface area (Å²) in [4.78, 5) is 12.1. The lowest BCUT2D eigenvalue weighted by Gasteiger charge is -2.11. The van der Waals surface area contributed by atoms with E-state index < -0.39 is 15.9 Å². The van der Waals surface area contributed by atoms with Gasteiger partial charge in [0.15, 0.2) is 0 Å². The first-order valence-electron chi connectivity index (χ1n) is 7.69. The standard InChI is InChI=1S/C18H17N3O3S2/c1-12-7-9-14(10-8-12)21-26(23,24)17-15(13-5-3-2-4-6-13)11-25-16(17)18(22)20-19/h2-11,21H,19H2,1H3,(H,20,22). The Morgan fingerprint density at radius 1 is 1.04 bits per heavy atom. The van der Waals surface area contributed by atoms with Gasteiger partial charge in [0.05, 0.1) is 0 Å². The first-order valence-corrected chi connectivity index (χ1v) is 10.1. The van der Waals surface area contributed by atoms with Crippen LogP contribution in [0.1, 0.15) is 15.2 Å². The van der Waals surface area contributed by atoms with Gasteiger partial charge in [0, 0.05) is 16.6 Å². The van der Waals surface area contributed by atoms with Crippen molar-refractivity contribution in [2.45, 2.75) is 11.8 Å². The molecule has 0 bridgehead atoms. The number of nitrogen functional groups attached to an aromatic ring is 1. The van der Waals surface area contributed by atoms with Gasteiger partial charge in [-0.2, -0.15) is 0 Å². The fourth-order valence-electron chi connectivity index (χ4n) is 2.48. The van der Waals surface area contributed by atoms with Gasteiger partial charge in [0.1, 0.15) is 9.77 Å². The highest BCUT2D eigenvalue weighted by Crippen LogP contribution is 2.36. The lowest BCUT2D eigenvalue weighted by Crippen LogP contribution is -2.31. The Bertz CT molecular complexity index is 1030. The summed E-state index contributed by atoms with van der Waals surface area (Å²) in [5, 5.41) is 1.64. The number of aryl methyl sites for hydroxylation is 1. The molecule has 2 aromatic carbocycles. The minimum absolute atomic E-state index is 0.0333. The molecule has 1 amide bonds. The zero-order valence-electron chi connectivity index (χ0n) is 13.9. The Balaban J connectivity index is 2.13. The third kappa shape index (κ3) is 3.62. The average molecular weight is 387 g/mol. The van der Waals surface area contributed by atoms with Gasteiger partial charge in [-0.05, 0) is 24.6 Å². The Hall–Kier alpha value is -2.68. The van der Waals surface area contributed by atoms with Gasteiger partial charge in [-0.15, -0.1) is 11.3 Å². The number of hydrogen-bond donors (Lipinski definition) is 3. The molecular formula is C18H17N3O3S2. The predicted molar refractivity (Wildman–Crippen MR) is 103 cm³/mol. The lowest BCUT2D eigenvalue weighted by atomic mass is 10.1.